The molecule has 6 heteroatoms. The predicted octanol–water partition coefficient (Wildman–Crippen LogP) is 2.78. The van der Waals surface area contributed by atoms with Gasteiger partial charge in [0.05, 0.1) is 6.61 Å². The zero-order chi connectivity index (χ0) is 16.2. The summed E-state index contributed by atoms with van der Waals surface area (Å²) >= 11 is 0. The van der Waals surface area contributed by atoms with Crippen molar-refractivity contribution in [1.82, 2.24) is 4.98 Å². The number of aromatic nitrogens is 1. The van der Waals surface area contributed by atoms with E-state index in [0.29, 0.717) is 10.9 Å². The third kappa shape index (κ3) is 3.38. The molecule has 0 spiro atoms. The van der Waals surface area contributed by atoms with Crippen LogP contribution < -0.4 is 10.2 Å². The molecule has 0 fully saturated rings. The molecule has 118 valence electrons. The fourth-order valence-corrected chi connectivity index (χ4v) is 4.23. The fourth-order valence-electron chi connectivity index (χ4n) is 2.16. The second-order valence-corrected chi connectivity index (χ2v) is 7.54. The van der Waals surface area contributed by atoms with Crippen LogP contribution in [-0.2, 0) is 9.09 Å². The minimum absolute atomic E-state index is 0.254. The molecule has 2 aromatic rings. The topological polar surface area (TPSA) is 62.7 Å². The lowest BCUT2D eigenvalue weighted by Crippen LogP contribution is -2.16. The molecule has 1 aromatic heterocycles. The van der Waals surface area contributed by atoms with Gasteiger partial charge in [0.2, 0.25) is 0 Å². The normalized spacial score (nSPS) is 15.1. The van der Waals surface area contributed by atoms with Crippen LogP contribution in [-0.4, -0.2) is 30.8 Å². The van der Waals surface area contributed by atoms with Gasteiger partial charge < -0.3 is 14.5 Å². The largest absolute Gasteiger partial charge is 0.378 e. The molecule has 0 saturated heterocycles. The Hall–Kier alpha value is -1.68. The van der Waals surface area contributed by atoms with Crippen molar-refractivity contribution in [3.05, 3.63) is 54.4 Å². The van der Waals surface area contributed by atoms with Crippen LogP contribution in [0.1, 0.15) is 18.3 Å². The quantitative estimate of drug-likeness (QED) is 0.829. The molecule has 0 saturated carbocycles. The summed E-state index contributed by atoms with van der Waals surface area (Å²) in [5.74, 6) is -1.23. The van der Waals surface area contributed by atoms with Crippen LogP contribution in [0.3, 0.4) is 0 Å². The molecular weight excluding hydrogens is 299 g/mol. The Labute approximate surface area is 131 Å². The van der Waals surface area contributed by atoms with Gasteiger partial charge in [0, 0.05) is 43.0 Å². The Morgan fingerprint density at radius 2 is 1.95 bits per heavy atom. The fraction of sp³-hybridized carbons (Fsp3) is 0.312. The van der Waals surface area contributed by atoms with Crippen molar-refractivity contribution in [2.45, 2.75) is 12.8 Å². The van der Waals surface area contributed by atoms with Crippen molar-refractivity contribution in [1.29, 1.82) is 0 Å². The number of hydrogen-bond acceptors (Lipinski definition) is 5. The number of nitrogens with zero attached hydrogens (tertiary/aromatic N) is 2. The highest BCUT2D eigenvalue weighted by molar-refractivity contribution is 7.67. The molecule has 0 amide bonds. The average Bonchev–Trinajstić information content (AvgIpc) is 2.55. The highest BCUT2D eigenvalue weighted by atomic mass is 31.2. The van der Waals surface area contributed by atoms with Crippen molar-refractivity contribution in [3.63, 3.8) is 0 Å². The Morgan fingerprint density at radius 1 is 1.27 bits per heavy atom. The Kier molecular flexibility index (Phi) is 5.35. The van der Waals surface area contributed by atoms with Gasteiger partial charge in [-0.15, -0.1) is 0 Å². The third-order valence-electron chi connectivity index (χ3n) is 3.35. The summed E-state index contributed by atoms with van der Waals surface area (Å²) in [4.78, 5) is 5.92. The van der Waals surface area contributed by atoms with Crippen molar-refractivity contribution in [2.24, 2.45) is 0 Å². The van der Waals surface area contributed by atoms with Gasteiger partial charge in [-0.25, -0.2) is 0 Å². The summed E-state index contributed by atoms with van der Waals surface area (Å²) in [5, 5.41) is 11.1. The number of aliphatic hydroxyl groups excluding tert-OH is 1. The van der Waals surface area contributed by atoms with E-state index in [4.69, 9.17) is 4.52 Å². The number of hydrogen-bond donors (Lipinski definition) is 1. The first kappa shape index (κ1) is 16.7. The van der Waals surface area contributed by atoms with Crippen molar-refractivity contribution < 1.29 is 14.2 Å². The van der Waals surface area contributed by atoms with E-state index in [2.05, 4.69) is 4.98 Å². The van der Waals surface area contributed by atoms with Crippen LogP contribution in [0.4, 0.5) is 5.69 Å². The molecule has 0 bridgehead atoms. The smallest absolute Gasteiger partial charge is 0.264 e. The van der Waals surface area contributed by atoms with Crippen LogP contribution in [0.15, 0.2) is 48.8 Å². The third-order valence-corrected chi connectivity index (χ3v) is 5.95. The molecule has 2 unspecified atom stereocenters. The summed E-state index contributed by atoms with van der Waals surface area (Å²) in [6.07, 6.45) is 3.11. The molecular formula is C16H21N2O3P. The van der Waals surface area contributed by atoms with Crippen molar-refractivity contribution >= 4 is 18.4 Å². The lowest BCUT2D eigenvalue weighted by Gasteiger charge is -2.24. The average molecular weight is 320 g/mol. The maximum Gasteiger partial charge on any atom is 0.264 e. The SMILES string of the molecule is CCOP(=O)(c1ccc(N(C)C)cc1)C(O)c1cccnc1. The highest BCUT2D eigenvalue weighted by Gasteiger charge is 2.36. The Balaban J connectivity index is 2.41. The number of aliphatic hydroxyl groups is 1. The highest BCUT2D eigenvalue weighted by Crippen LogP contribution is 2.57. The molecule has 0 aliphatic carbocycles. The van der Waals surface area contributed by atoms with E-state index in [1.165, 1.54) is 6.20 Å². The van der Waals surface area contributed by atoms with Crippen LogP contribution in [0.2, 0.25) is 0 Å². The predicted molar refractivity (Wildman–Crippen MR) is 88.8 cm³/mol. The summed E-state index contributed by atoms with van der Waals surface area (Å²) in [6.45, 7) is 2.01. The van der Waals surface area contributed by atoms with Crippen LogP contribution in [0, 0.1) is 0 Å². The zero-order valence-corrected chi connectivity index (χ0v) is 13.9. The number of benzene rings is 1. The molecule has 1 aromatic carbocycles. The zero-order valence-electron chi connectivity index (χ0n) is 13.0. The summed E-state index contributed by atoms with van der Waals surface area (Å²) in [5.41, 5.74) is 1.47. The first-order valence-electron chi connectivity index (χ1n) is 7.09. The maximum atomic E-state index is 13.3. The maximum absolute atomic E-state index is 13.3. The first-order valence-corrected chi connectivity index (χ1v) is 8.78. The Morgan fingerprint density at radius 3 is 2.45 bits per heavy atom. The van der Waals surface area contributed by atoms with E-state index >= 15 is 0 Å². The minimum atomic E-state index is -3.44. The minimum Gasteiger partial charge on any atom is -0.378 e. The summed E-state index contributed by atoms with van der Waals surface area (Å²) < 4.78 is 18.8. The van der Waals surface area contributed by atoms with Crippen molar-refractivity contribution in [3.8, 4) is 0 Å². The monoisotopic (exact) mass is 320 g/mol. The number of pyridine rings is 1. The molecule has 0 aliphatic rings. The molecule has 2 rings (SSSR count). The van der Waals surface area contributed by atoms with E-state index < -0.39 is 13.2 Å². The molecule has 1 heterocycles. The van der Waals surface area contributed by atoms with Crippen LogP contribution >= 0.6 is 7.37 Å². The van der Waals surface area contributed by atoms with E-state index in [-0.39, 0.29) is 6.61 Å². The number of anilines is 1. The first-order chi connectivity index (χ1) is 10.5. The molecule has 0 radical (unpaired) electrons. The van der Waals surface area contributed by atoms with Gasteiger partial charge in [0.15, 0.2) is 5.85 Å². The molecule has 5 nitrogen and oxygen atoms in total. The standard InChI is InChI=1S/C16H21N2O3P/c1-4-21-22(20,16(19)13-6-5-11-17-12-13)15-9-7-14(8-10-15)18(2)3/h5-12,16,19H,4H2,1-3H3. The van der Waals surface area contributed by atoms with Gasteiger partial charge in [0.1, 0.15) is 0 Å². The van der Waals surface area contributed by atoms with Crippen LogP contribution in [0.25, 0.3) is 0 Å². The van der Waals surface area contributed by atoms with Gasteiger partial charge in [-0.3, -0.25) is 9.55 Å². The molecule has 1 N–H and O–H groups in total. The van der Waals surface area contributed by atoms with E-state index in [1.54, 1.807) is 37.4 Å². The van der Waals surface area contributed by atoms with Gasteiger partial charge in [-0.1, -0.05) is 6.07 Å². The van der Waals surface area contributed by atoms with Crippen LogP contribution in [0.5, 0.6) is 0 Å². The molecule has 22 heavy (non-hydrogen) atoms. The van der Waals surface area contributed by atoms with Gasteiger partial charge in [-0.05, 0) is 37.3 Å². The van der Waals surface area contributed by atoms with E-state index in [9.17, 15) is 9.67 Å². The lowest BCUT2D eigenvalue weighted by molar-refractivity contribution is 0.218. The van der Waals surface area contributed by atoms with Crippen molar-refractivity contribution in [2.75, 3.05) is 25.6 Å². The molecule has 2 atom stereocenters. The van der Waals surface area contributed by atoms with E-state index in [0.717, 1.165) is 5.69 Å². The summed E-state index contributed by atoms with van der Waals surface area (Å²) in [7, 11) is 0.427. The lowest BCUT2D eigenvalue weighted by atomic mass is 10.3. The number of rotatable bonds is 6. The second kappa shape index (κ2) is 7.05. The van der Waals surface area contributed by atoms with Gasteiger partial charge in [0.25, 0.3) is 7.37 Å². The van der Waals surface area contributed by atoms with E-state index in [1.807, 2.05) is 31.1 Å². The van der Waals surface area contributed by atoms with Gasteiger partial charge in [-0.2, -0.15) is 0 Å². The van der Waals surface area contributed by atoms with Gasteiger partial charge >= 0.3 is 0 Å². The molecule has 0 aliphatic heterocycles. The Bertz CT molecular complexity index is 644. The second-order valence-electron chi connectivity index (χ2n) is 5.09. The summed E-state index contributed by atoms with van der Waals surface area (Å²) in [6, 6.07) is 10.6.